The van der Waals surface area contributed by atoms with Gasteiger partial charge in [0.15, 0.2) is 0 Å². The van der Waals surface area contributed by atoms with E-state index in [4.69, 9.17) is 0 Å². The molecule has 0 heterocycles. The first-order valence-corrected chi connectivity index (χ1v) is 4.79. The lowest BCUT2D eigenvalue weighted by Gasteiger charge is -1.88. The lowest BCUT2D eigenvalue weighted by atomic mass is 10.3. The Morgan fingerprint density at radius 3 is 1.69 bits per heavy atom. The molecule has 0 rings (SSSR count). The first-order chi connectivity index (χ1) is 6.20. The van der Waals surface area contributed by atoms with Crippen molar-refractivity contribution in [1.82, 2.24) is 0 Å². The van der Waals surface area contributed by atoms with Gasteiger partial charge in [0.25, 0.3) is 0 Å². The largest absolute Gasteiger partial charge is 0.293 e. The minimum absolute atomic E-state index is 0.901. The van der Waals surface area contributed by atoms with Gasteiger partial charge in [-0.1, -0.05) is 27.7 Å². The van der Waals surface area contributed by atoms with Crippen LogP contribution in [0, 0.1) is 0 Å². The Hall–Kier alpha value is -0.920. The summed E-state index contributed by atoms with van der Waals surface area (Å²) < 4.78 is 0. The smallest absolute Gasteiger partial charge is 0.0383 e. The zero-order valence-corrected chi connectivity index (χ0v) is 10.2. The van der Waals surface area contributed by atoms with Crippen LogP contribution in [0.5, 0.6) is 0 Å². The molecule has 2 nitrogen and oxygen atoms in total. The Labute approximate surface area is 83.5 Å². The van der Waals surface area contributed by atoms with Gasteiger partial charge in [0, 0.05) is 18.5 Å². The number of aliphatic imine (C=N–C) groups is 2. The van der Waals surface area contributed by atoms with E-state index in [1.54, 1.807) is 7.05 Å². The average Bonchev–Trinajstić information content (AvgIpc) is 2.23. The highest BCUT2D eigenvalue weighted by molar-refractivity contribution is 5.93. The molecule has 0 unspecified atom stereocenters. The van der Waals surface area contributed by atoms with Crippen LogP contribution in [0.15, 0.2) is 21.8 Å². The summed E-state index contributed by atoms with van der Waals surface area (Å²) >= 11 is 0. The Morgan fingerprint density at radius 2 is 1.46 bits per heavy atom. The fourth-order valence-corrected chi connectivity index (χ4v) is 0.412. The van der Waals surface area contributed by atoms with E-state index in [-0.39, 0.29) is 0 Å². The van der Waals surface area contributed by atoms with Crippen LogP contribution in [0.1, 0.15) is 41.5 Å². The summed E-state index contributed by atoms with van der Waals surface area (Å²) in [7, 11) is 1.75. The van der Waals surface area contributed by atoms with Gasteiger partial charge in [-0.2, -0.15) is 0 Å². The van der Waals surface area contributed by atoms with E-state index >= 15 is 0 Å². The van der Waals surface area contributed by atoms with Gasteiger partial charge < -0.3 is 0 Å². The molecule has 0 spiro atoms. The summed E-state index contributed by atoms with van der Waals surface area (Å²) in [4.78, 5) is 7.64. The summed E-state index contributed by atoms with van der Waals surface area (Å²) in [5, 5.41) is 0. The fraction of sp³-hybridized carbons (Fsp3) is 0.636. The highest BCUT2D eigenvalue weighted by Gasteiger charge is 1.82. The molecular formula is C11H24N2. The minimum atomic E-state index is 0.901. The monoisotopic (exact) mass is 184 g/mol. The lowest BCUT2D eigenvalue weighted by molar-refractivity contribution is 1.32. The van der Waals surface area contributed by atoms with Crippen molar-refractivity contribution in [2.45, 2.75) is 41.5 Å². The SMILES string of the molecule is C=N/C(C)=C\C(C)=NC.CC.CC. The fourth-order valence-electron chi connectivity index (χ4n) is 0.412. The van der Waals surface area contributed by atoms with Crippen molar-refractivity contribution in [2.75, 3.05) is 7.05 Å². The molecule has 0 aliphatic rings. The molecule has 0 atom stereocenters. The Morgan fingerprint density at radius 1 is 1.08 bits per heavy atom. The van der Waals surface area contributed by atoms with Crippen LogP contribution < -0.4 is 0 Å². The summed E-state index contributed by atoms with van der Waals surface area (Å²) in [6.45, 7) is 15.2. The molecule has 0 N–H and O–H groups in total. The zero-order chi connectivity index (χ0) is 11.3. The van der Waals surface area contributed by atoms with Gasteiger partial charge in [-0.15, -0.1) is 0 Å². The van der Waals surface area contributed by atoms with Crippen molar-refractivity contribution in [2.24, 2.45) is 9.98 Å². The van der Waals surface area contributed by atoms with Crippen LogP contribution >= 0.6 is 0 Å². The topological polar surface area (TPSA) is 24.7 Å². The molecule has 0 aromatic carbocycles. The zero-order valence-electron chi connectivity index (χ0n) is 10.2. The van der Waals surface area contributed by atoms with Crippen molar-refractivity contribution >= 4 is 12.4 Å². The maximum absolute atomic E-state index is 3.93. The van der Waals surface area contributed by atoms with Crippen molar-refractivity contribution in [3.05, 3.63) is 11.8 Å². The third-order valence-corrected chi connectivity index (χ3v) is 1.02. The predicted molar refractivity (Wildman–Crippen MR) is 65.0 cm³/mol. The summed E-state index contributed by atoms with van der Waals surface area (Å²) in [5.41, 5.74) is 1.87. The molecule has 13 heavy (non-hydrogen) atoms. The van der Waals surface area contributed by atoms with Gasteiger partial charge in [-0.25, -0.2) is 0 Å². The highest BCUT2D eigenvalue weighted by atomic mass is 14.7. The van der Waals surface area contributed by atoms with Gasteiger partial charge in [-0.3, -0.25) is 9.98 Å². The van der Waals surface area contributed by atoms with Crippen LogP contribution in [-0.2, 0) is 0 Å². The first kappa shape index (κ1) is 18.0. The molecule has 0 saturated heterocycles. The lowest BCUT2D eigenvalue weighted by Crippen LogP contribution is -1.83. The van der Waals surface area contributed by atoms with E-state index in [1.165, 1.54) is 0 Å². The van der Waals surface area contributed by atoms with E-state index in [9.17, 15) is 0 Å². The molecule has 78 valence electrons. The molecule has 2 heteroatoms. The van der Waals surface area contributed by atoms with Gasteiger partial charge >= 0.3 is 0 Å². The molecule has 0 aromatic rings. The number of allylic oxidation sites excluding steroid dienone is 2. The standard InChI is InChI=1S/C7H12N2.2C2H6/c1-6(8-3)5-7(2)9-4;2*1-2/h5H,3H2,1-2,4H3;2*1-2H3/b6-5-,9-7?;;. The highest BCUT2D eigenvalue weighted by Crippen LogP contribution is 1.92. The van der Waals surface area contributed by atoms with Crippen LogP contribution in [0.25, 0.3) is 0 Å². The van der Waals surface area contributed by atoms with E-state index in [0.29, 0.717) is 0 Å². The van der Waals surface area contributed by atoms with E-state index < -0.39 is 0 Å². The van der Waals surface area contributed by atoms with Crippen LogP contribution in [0.3, 0.4) is 0 Å². The van der Waals surface area contributed by atoms with Crippen molar-refractivity contribution in [3.8, 4) is 0 Å². The predicted octanol–water partition coefficient (Wildman–Crippen LogP) is 3.73. The van der Waals surface area contributed by atoms with Gasteiger partial charge in [-0.05, 0) is 26.6 Å². The number of hydrogen-bond donors (Lipinski definition) is 0. The van der Waals surface area contributed by atoms with Crippen molar-refractivity contribution in [3.63, 3.8) is 0 Å². The molecule has 0 aromatic heterocycles. The molecular weight excluding hydrogens is 160 g/mol. The second kappa shape index (κ2) is 17.2. The maximum atomic E-state index is 3.93. The summed E-state index contributed by atoms with van der Waals surface area (Å²) in [5.74, 6) is 0. The molecule has 0 saturated carbocycles. The minimum Gasteiger partial charge on any atom is -0.293 e. The molecule has 0 amide bonds. The molecule has 0 aliphatic carbocycles. The third-order valence-electron chi connectivity index (χ3n) is 1.02. The Bertz CT molecular complexity index is 155. The third kappa shape index (κ3) is 18.2. The Kier molecular flexibility index (Phi) is 23.9. The normalized spacial score (nSPS) is 10.4. The molecule has 0 fully saturated rings. The first-order valence-electron chi connectivity index (χ1n) is 4.79. The van der Waals surface area contributed by atoms with Crippen molar-refractivity contribution < 1.29 is 0 Å². The van der Waals surface area contributed by atoms with Gasteiger partial charge in [0.1, 0.15) is 0 Å². The second-order valence-corrected chi connectivity index (χ2v) is 1.81. The van der Waals surface area contributed by atoms with E-state index in [2.05, 4.69) is 16.7 Å². The van der Waals surface area contributed by atoms with Crippen LogP contribution in [0.4, 0.5) is 0 Å². The summed E-state index contributed by atoms with van der Waals surface area (Å²) in [6.07, 6.45) is 1.88. The maximum Gasteiger partial charge on any atom is 0.0383 e. The van der Waals surface area contributed by atoms with Crippen LogP contribution in [0.2, 0.25) is 0 Å². The summed E-state index contributed by atoms with van der Waals surface area (Å²) in [6, 6.07) is 0. The van der Waals surface area contributed by atoms with Gasteiger partial charge in [0.05, 0.1) is 0 Å². The number of nitrogens with zero attached hydrogens (tertiary/aromatic N) is 2. The van der Waals surface area contributed by atoms with E-state index in [1.807, 2.05) is 47.6 Å². The number of hydrogen-bond acceptors (Lipinski definition) is 2. The van der Waals surface area contributed by atoms with E-state index in [0.717, 1.165) is 11.4 Å². The quantitative estimate of drug-likeness (QED) is 0.584. The Balaban J connectivity index is -0.000000218. The van der Waals surface area contributed by atoms with Crippen molar-refractivity contribution in [1.29, 1.82) is 0 Å². The second-order valence-electron chi connectivity index (χ2n) is 1.81. The van der Waals surface area contributed by atoms with Crippen LogP contribution in [-0.4, -0.2) is 19.5 Å². The molecule has 0 aliphatic heterocycles. The molecule has 0 bridgehead atoms. The molecule has 0 radical (unpaired) electrons. The average molecular weight is 184 g/mol. The van der Waals surface area contributed by atoms with Gasteiger partial charge in [0.2, 0.25) is 0 Å². The number of rotatable bonds is 2.